The molecule has 3 aromatic heterocycles. The number of hydrogen-bond donors (Lipinski definition) is 0. The highest BCUT2D eigenvalue weighted by Gasteiger charge is 2.38. The Labute approximate surface area is 235 Å². The quantitative estimate of drug-likeness (QED) is 0.266. The van der Waals surface area contributed by atoms with Crippen LogP contribution in [0, 0.1) is 6.92 Å². The second-order valence-corrected chi connectivity index (χ2v) is 9.57. The van der Waals surface area contributed by atoms with Crippen LogP contribution in [0.25, 0.3) is 22.7 Å². The van der Waals surface area contributed by atoms with Crippen molar-refractivity contribution < 1.29 is 18.9 Å². The molecule has 0 saturated carbocycles. The Bertz CT molecular complexity index is 1910. The summed E-state index contributed by atoms with van der Waals surface area (Å²) in [7, 11) is 4.88. The van der Waals surface area contributed by atoms with E-state index in [9.17, 15) is 0 Å². The van der Waals surface area contributed by atoms with Crippen LogP contribution in [-0.4, -0.2) is 50.7 Å². The average Bonchev–Trinajstić information content (AvgIpc) is 3.61. The highest BCUT2D eigenvalue weighted by Crippen LogP contribution is 2.50. The van der Waals surface area contributed by atoms with E-state index in [4.69, 9.17) is 39.1 Å². The van der Waals surface area contributed by atoms with E-state index in [0.29, 0.717) is 40.5 Å². The van der Waals surface area contributed by atoms with Gasteiger partial charge in [0.2, 0.25) is 11.8 Å². The van der Waals surface area contributed by atoms with Crippen LogP contribution in [0.1, 0.15) is 28.3 Å². The number of fused-ring (bicyclic) bond motifs is 4. The largest absolute Gasteiger partial charge is 0.496 e. The summed E-state index contributed by atoms with van der Waals surface area (Å²) in [6, 6.07) is 23.5. The van der Waals surface area contributed by atoms with Crippen molar-refractivity contribution in [1.29, 1.82) is 0 Å². The fourth-order valence-electron chi connectivity index (χ4n) is 5.43. The summed E-state index contributed by atoms with van der Waals surface area (Å²) in [6.45, 7) is 1.98. The third-order valence-electron chi connectivity index (χ3n) is 7.31. The fraction of sp³-hybridized carbons (Fsp3) is 0.161. The van der Waals surface area contributed by atoms with Crippen molar-refractivity contribution in [2.75, 3.05) is 21.3 Å². The van der Waals surface area contributed by atoms with Crippen molar-refractivity contribution in [3.05, 3.63) is 102 Å². The maximum absolute atomic E-state index is 6.53. The Kier molecular flexibility index (Phi) is 5.81. The lowest BCUT2D eigenvalue weighted by atomic mass is 9.84. The molecule has 10 nitrogen and oxygen atoms in total. The van der Waals surface area contributed by atoms with Crippen LogP contribution in [0.5, 0.6) is 29.0 Å². The zero-order chi connectivity index (χ0) is 28.1. The molecule has 0 spiro atoms. The number of aromatic nitrogens is 6. The van der Waals surface area contributed by atoms with Crippen molar-refractivity contribution in [1.82, 2.24) is 29.4 Å². The average molecular weight is 547 g/mol. The Morgan fingerprint density at radius 2 is 1.54 bits per heavy atom. The van der Waals surface area contributed by atoms with Crippen LogP contribution < -0.4 is 18.9 Å². The monoisotopic (exact) mass is 546 g/mol. The number of methoxy groups -OCH3 is 3. The lowest BCUT2D eigenvalue weighted by Crippen LogP contribution is -2.16. The Hall–Kier alpha value is -5.38. The molecule has 0 radical (unpaired) electrons. The molecule has 1 aliphatic rings. The number of para-hydroxylation sites is 2. The first-order chi connectivity index (χ1) is 20.1. The van der Waals surface area contributed by atoms with Crippen LogP contribution in [0.15, 0.2) is 79.1 Å². The van der Waals surface area contributed by atoms with Crippen LogP contribution in [0.4, 0.5) is 0 Å². The van der Waals surface area contributed by atoms with Crippen molar-refractivity contribution in [2.24, 2.45) is 0 Å². The highest BCUT2D eigenvalue weighted by molar-refractivity contribution is 5.71. The van der Waals surface area contributed by atoms with Gasteiger partial charge in [0.05, 0.1) is 55.3 Å². The SMILES string of the molecule is COc1ccc([C@@H]2c3c(C)nn(-c4ccccc4)c3Oc3ncn4nc(-c5ccccc5OC)nc4c32)cc1OC. The van der Waals surface area contributed by atoms with Crippen molar-refractivity contribution in [3.8, 4) is 46.1 Å². The zero-order valence-electron chi connectivity index (χ0n) is 22.9. The molecule has 6 aromatic rings. The third-order valence-corrected chi connectivity index (χ3v) is 7.31. The van der Waals surface area contributed by atoms with Gasteiger partial charge in [0.15, 0.2) is 23.0 Å². The van der Waals surface area contributed by atoms with E-state index in [-0.39, 0.29) is 5.92 Å². The number of benzene rings is 3. The van der Waals surface area contributed by atoms with E-state index >= 15 is 0 Å². The summed E-state index contributed by atoms with van der Waals surface area (Å²) >= 11 is 0. The molecule has 10 heteroatoms. The van der Waals surface area contributed by atoms with Crippen LogP contribution >= 0.6 is 0 Å². The van der Waals surface area contributed by atoms with E-state index < -0.39 is 0 Å². The van der Waals surface area contributed by atoms with E-state index in [1.54, 1.807) is 32.2 Å². The van der Waals surface area contributed by atoms with Gasteiger partial charge in [-0.15, -0.1) is 5.10 Å². The summed E-state index contributed by atoms with van der Waals surface area (Å²) < 4.78 is 26.8. The van der Waals surface area contributed by atoms with E-state index in [1.165, 1.54) is 0 Å². The first kappa shape index (κ1) is 24.6. The Morgan fingerprint density at radius 1 is 0.780 bits per heavy atom. The van der Waals surface area contributed by atoms with Gasteiger partial charge in [-0.1, -0.05) is 36.4 Å². The minimum absolute atomic E-state index is 0.336. The second kappa shape index (κ2) is 9.67. The zero-order valence-corrected chi connectivity index (χ0v) is 22.9. The molecular formula is C31H26N6O4. The van der Waals surface area contributed by atoms with Crippen molar-refractivity contribution >= 4 is 5.65 Å². The number of ether oxygens (including phenoxy) is 4. The van der Waals surface area contributed by atoms with Gasteiger partial charge in [0.25, 0.3) is 0 Å². The molecule has 3 aromatic carbocycles. The normalized spacial score (nSPS) is 13.8. The molecule has 4 heterocycles. The first-order valence-electron chi connectivity index (χ1n) is 13.0. The summed E-state index contributed by atoms with van der Waals surface area (Å²) in [5.41, 5.74) is 5.73. The molecule has 204 valence electrons. The number of rotatable bonds is 6. The number of nitrogens with zero attached hydrogens (tertiary/aromatic N) is 6. The van der Waals surface area contributed by atoms with Crippen LogP contribution in [-0.2, 0) is 0 Å². The molecule has 1 atom stereocenters. The minimum Gasteiger partial charge on any atom is -0.496 e. The topological polar surface area (TPSA) is 97.8 Å². The van der Waals surface area contributed by atoms with Gasteiger partial charge in [0, 0.05) is 0 Å². The van der Waals surface area contributed by atoms with Gasteiger partial charge in [0.1, 0.15) is 12.1 Å². The Morgan fingerprint density at radius 3 is 2.32 bits per heavy atom. The fourth-order valence-corrected chi connectivity index (χ4v) is 5.43. The molecule has 0 aliphatic carbocycles. The van der Waals surface area contributed by atoms with Gasteiger partial charge in [-0.3, -0.25) is 0 Å². The van der Waals surface area contributed by atoms with E-state index in [0.717, 1.165) is 33.6 Å². The van der Waals surface area contributed by atoms with Crippen molar-refractivity contribution in [2.45, 2.75) is 12.8 Å². The molecule has 0 fully saturated rings. The van der Waals surface area contributed by atoms with E-state index in [2.05, 4.69) is 0 Å². The molecule has 0 N–H and O–H groups in total. The summed E-state index contributed by atoms with van der Waals surface area (Å²) in [5.74, 6) is 3.15. The predicted molar refractivity (Wildman–Crippen MR) is 152 cm³/mol. The third kappa shape index (κ3) is 3.87. The lowest BCUT2D eigenvalue weighted by Gasteiger charge is -2.26. The number of aryl methyl sites for hydroxylation is 1. The maximum Gasteiger partial charge on any atom is 0.230 e. The minimum atomic E-state index is -0.336. The molecule has 41 heavy (non-hydrogen) atoms. The smallest absolute Gasteiger partial charge is 0.230 e. The van der Waals surface area contributed by atoms with Gasteiger partial charge in [-0.25, -0.2) is 19.2 Å². The Balaban J connectivity index is 1.50. The molecule has 0 amide bonds. The highest BCUT2D eigenvalue weighted by atomic mass is 16.5. The molecule has 0 unspecified atom stereocenters. The molecule has 1 aliphatic heterocycles. The predicted octanol–water partition coefficient (Wildman–Crippen LogP) is 5.60. The standard InChI is InChI=1S/C31H26N6O4/c1-18-25-26(19-14-15-23(39-3)24(16-19)40-4)27-29-33-28(21-12-8-9-13-22(21)38-2)35-36(29)17-32-30(27)41-31(25)37(34-18)20-10-6-5-7-11-20/h5-17,26H,1-4H3/t26-/m1/s1. The summed E-state index contributed by atoms with van der Waals surface area (Å²) in [6.07, 6.45) is 1.62. The van der Waals surface area contributed by atoms with Crippen LogP contribution in [0.2, 0.25) is 0 Å². The molecule has 0 saturated heterocycles. The second-order valence-electron chi connectivity index (χ2n) is 9.57. The molecule has 0 bridgehead atoms. The summed E-state index contributed by atoms with van der Waals surface area (Å²) in [5, 5.41) is 9.66. The van der Waals surface area contributed by atoms with Gasteiger partial charge in [-0.05, 0) is 48.9 Å². The van der Waals surface area contributed by atoms with Gasteiger partial charge in [-0.2, -0.15) is 5.10 Å². The number of hydrogen-bond acceptors (Lipinski definition) is 8. The lowest BCUT2D eigenvalue weighted by molar-refractivity contribution is 0.354. The van der Waals surface area contributed by atoms with Gasteiger partial charge >= 0.3 is 0 Å². The van der Waals surface area contributed by atoms with Gasteiger partial charge < -0.3 is 18.9 Å². The van der Waals surface area contributed by atoms with Crippen molar-refractivity contribution in [3.63, 3.8) is 0 Å². The molecule has 7 rings (SSSR count). The maximum atomic E-state index is 6.53. The summed E-state index contributed by atoms with van der Waals surface area (Å²) in [4.78, 5) is 9.70. The molecular weight excluding hydrogens is 520 g/mol. The van der Waals surface area contributed by atoms with Crippen LogP contribution in [0.3, 0.4) is 0 Å². The first-order valence-corrected chi connectivity index (χ1v) is 13.0. The van der Waals surface area contributed by atoms with E-state index in [1.807, 2.05) is 84.4 Å².